The lowest BCUT2D eigenvalue weighted by Gasteiger charge is -2.13. The molecule has 0 aliphatic carbocycles. The number of rotatable bonds is 2. The number of nitrogens with zero attached hydrogens (tertiary/aromatic N) is 3. The van der Waals surface area contributed by atoms with Crippen LogP contribution in [-0.2, 0) is 0 Å². The second-order valence-electron chi connectivity index (χ2n) is 5.23. The summed E-state index contributed by atoms with van der Waals surface area (Å²) in [5.41, 5.74) is 3.42. The first kappa shape index (κ1) is 15.0. The number of amidine groups is 1. The molecule has 112 valence electrons. The van der Waals surface area contributed by atoms with Crippen LogP contribution in [0.4, 0.5) is 0 Å². The number of likely N-dealkylation sites (N-methyl/N-ethyl adjacent to an activating group) is 1. The maximum absolute atomic E-state index is 4.61. The van der Waals surface area contributed by atoms with E-state index in [4.69, 9.17) is 0 Å². The summed E-state index contributed by atoms with van der Waals surface area (Å²) < 4.78 is 5.84. The van der Waals surface area contributed by atoms with Crippen molar-refractivity contribution in [2.24, 2.45) is 4.99 Å². The van der Waals surface area contributed by atoms with Gasteiger partial charge in [-0.3, -0.25) is 4.99 Å². The van der Waals surface area contributed by atoms with E-state index in [-0.39, 0.29) is 12.4 Å². The van der Waals surface area contributed by atoms with Gasteiger partial charge in [-0.15, -0.1) is 12.4 Å². The average Bonchev–Trinajstić information content (AvgIpc) is 3.14. The van der Waals surface area contributed by atoms with E-state index in [0.717, 1.165) is 30.2 Å². The van der Waals surface area contributed by atoms with Crippen LogP contribution in [-0.4, -0.2) is 35.2 Å². The van der Waals surface area contributed by atoms with Gasteiger partial charge >= 0.3 is 0 Å². The van der Waals surface area contributed by atoms with Crippen LogP contribution in [0.1, 0.15) is 5.56 Å². The molecule has 0 saturated carbocycles. The lowest BCUT2D eigenvalue weighted by atomic mass is 10.1. The highest BCUT2D eigenvalue weighted by atomic mass is 35.5. The van der Waals surface area contributed by atoms with Gasteiger partial charge in [-0.1, -0.05) is 42.5 Å². The van der Waals surface area contributed by atoms with Crippen LogP contribution >= 0.6 is 23.9 Å². The summed E-state index contributed by atoms with van der Waals surface area (Å²) >= 11 is 1.56. The summed E-state index contributed by atoms with van der Waals surface area (Å²) in [6, 6.07) is 17.0. The largest absolute Gasteiger partial charge is 0.358 e. The number of halogens is 1. The molecule has 3 aromatic rings. The van der Waals surface area contributed by atoms with Gasteiger partial charge in [-0.05, 0) is 17.6 Å². The van der Waals surface area contributed by atoms with Gasteiger partial charge in [-0.25, -0.2) is 0 Å². The van der Waals surface area contributed by atoms with E-state index in [9.17, 15) is 0 Å². The molecule has 5 heteroatoms. The van der Waals surface area contributed by atoms with Crippen molar-refractivity contribution in [1.29, 1.82) is 0 Å². The summed E-state index contributed by atoms with van der Waals surface area (Å²) in [6.45, 7) is 1.90. The normalized spacial score (nSPS) is 14.0. The summed E-state index contributed by atoms with van der Waals surface area (Å²) in [7, 11) is 2.09. The second kappa shape index (κ2) is 6.07. The molecule has 0 atom stereocenters. The molecule has 0 bridgehead atoms. The molecule has 0 saturated heterocycles. The standard InChI is InChI=1S/C17H15N3S.ClH/c1-20-11-10-18-17(20)13-8-6-12(7-9-13)16-14-4-2-3-5-15(14)21-19-16;/h2-9H,10-11H2,1H3;1H. The first-order valence-corrected chi connectivity index (χ1v) is 7.81. The molecule has 2 aromatic carbocycles. The molecule has 0 radical (unpaired) electrons. The highest BCUT2D eigenvalue weighted by Gasteiger charge is 2.15. The number of aliphatic imine (C=N–C) groups is 1. The van der Waals surface area contributed by atoms with Crippen molar-refractivity contribution < 1.29 is 0 Å². The molecule has 0 fully saturated rings. The van der Waals surface area contributed by atoms with Crippen LogP contribution in [0, 0.1) is 0 Å². The third kappa shape index (κ3) is 2.49. The minimum absolute atomic E-state index is 0. The fourth-order valence-corrected chi connectivity index (χ4v) is 3.51. The Kier molecular flexibility index (Phi) is 4.14. The molecule has 0 amide bonds. The molecule has 1 aliphatic rings. The number of hydrogen-bond donors (Lipinski definition) is 0. The summed E-state index contributed by atoms with van der Waals surface area (Å²) in [6.07, 6.45) is 0. The van der Waals surface area contributed by atoms with Crippen LogP contribution in [0.3, 0.4) is 0 Å². The molecular weight excluding hydrogens is 314 g/mol. The Morgan fingerprint density at radius 3 is 2.45 bits per heavy atom. The van der Waals surface area contributed by atoms with Crippen LogP contribution in [0.15, 0.2) is 53.5 Å². The SMILES string of the molecule is CN1CCN=C1c1ccc(-c2nsc3ccccc23)cc1.Cl. The minimum Gasteiger partial charge on any atom is -0.358 e. The Labute approximate surface area is 139 Å². The minimum atomic E-state index is 0. The third-order valence-electron chi connectivity index (χ3n) is 3.85. The summed E-state index contributed by atoms with van der Waals surface area (Å²) in [5.74, 6) is 1.09. The smallest absolute Gasteiger partial charge is 0.130 e. The molecule has 22 heavy (non-hydrogen) atoms. The zero-order chi connectivity index (χ0) is 14.2. The van der Waals surface area contributed by atoms with Gasteiger partial charge in [0.05, 0.1) is 16.9 Å². The van der Waals surface area contributed by atoms with E-state index in [2.05, 4.69) is 69.8 Å². The first-order chi connectivity index (χ1) is 10.3. The Balaban J connectivity index is 0.00000144. The van der Waals surface area contributed by atoms with Crippen LogP contribution < -0.4 is 0 Å². The fraction of sp³-hybridized carbons (Fsp3) is 0.176. The maximum atomic E-state index is 4.61. The van der Waals surface area contributed by atoms with Crippen molar-refractivity contribution in [3.8, 4) is 11.3 Å². The van der Waals surface area contributed by atoms with Crippen molar-refractivity contribution in [3.05, 3.63) is 54.1 Å². The van der Waals surface area contributed by atoms with Crippen molar-refractivity contribution in [2.45, 2.75) is 0 Å². The van der Waals surface area contributed by atoms with Gasteiger partial charge in [0.25, 0.3) is 0 Å². The van der Waals surface area contributed by atoms with Crippen molar-refractivity contribution in [3.63, 3.8) is 0 Å². The van der Waals surface area contributed by atoms with Gasteiger partial charge < -0.3 is 4.90 Å². The predicted octanol–water partition coefficient (Wildman–Crippen LogP) is 4.08. The zero-order valence-electron chi connectivity index (χ0n) is 12.2. The molecule has 4 rings (SSSR count). The predicted molar refractivity (Wildman–Crippen MR) is 96.3 cm³/mol. The number of aromatic nitrogens is 1. The highest BCUT2D eigenvalue weighted by molar-refractivity contribution is 7.13. The highest BCUT2D eigenvalue weighted by Crippen LogP contribution is 2.30. The van der Waals surface area contributed by atoms with E-state index in [1.54, 1.807) is 11.5 Å². The first-order valence-electron chi connectivity index (χ1n) is 7.04. The molecule has 2 heterocycles. The summed E-state index contributed by atoms with van der Waals surface area (Å²) in [4.78, 5) is 6.76. The molecule has 1 aromatic heterocycles. The Morgan fingerprint density at radius 2 is 1.73 bits per heavy atom. The average molecular weight is 330 g/mol. The van der Waals surface area contributed by atoms with E-state index in [1.165, 1.54) is 15.6 Å². The van der Waals surface area contributed by atoms with E-state index in [0.29, 0.717) is 0 Å². The van der Waals surface area contributed by atoms with Crippen molar-refractivity contribution in [2.75, 3.05) is 20.1 Å². The van der Waals surface area contributed by atoms with Crippen molar-refractivity contribution in [1.82, 2.24) is 9.27 Å². The number of benzene rings is 2. The Hall–Kier alpha value is -1.91. The van der Waals surface area contributed by atoms with Crippen LogP contribution in [0.5, 0.6) is 0 Å². The number of fused-ring (bicyclic) bond motifs is 1. The second-order valence-corrected chi connectivity index (χ2v) is 6.04. The van der Waals surface area contributed by atoms with E-state index >= 15 is 0 Å². The quantitative estimate of drug-likeness (QED) is 0.709. The van der Waals surface area contributed by atoms with Gasteiger partial charge in [0.2, 0.25) is 0 Å². The van der Waals surface area contributed by atoms with Gasteiger partial charge in [-0.2, -0.15) is 4.37 Å². The monoisotopic (exact) mass is 329 g/mol. The maximum Gasteiger partial charge on any atom is 0.130 e. The zero-order valence-corrected chi connectivity index (χ0v) is 13.8. The number of hydrogen-bond acceptors (Lipinski definition) is 4. The molecule has 0 N–H and O–H groups in total. The van der Waals surface area contributed by atoms with Gasteiger partial charge in [0, 0.05) is 30.1 Å². The molecule has 0 spiro atoms. The topological polar surface area (TPSA) is 28.5 Å². The summed E-state index contributed by atoms with van der Waals surface area (Å²) in [5, 5.41) is 1.23. The van der Waals surface area contributed by atoms with E-state index in [1.807, 2.05) is 0 Å². The van der Waals surface area contributed by atoms with E-state index < -0.39 is 0 Å². The van der Waals surface area contributed by atoms with Gasteiger partial charge in [0.15, 0.2) is 0 Å². The molecule has 0 unspecified atom stereocenters. The molecule has 1 aliphatic heterocycles. The Morgan fingerprint density at radius 1 is 1.00 bits per heavy atom. The molecular formula is C17H16ClN3S. The lowest BCUT2D eigenvalue weighted by Crippen LogP contribution is -2.23. The van der Waals surface area contributed by atoms with Crippen LogP contribution in [0.2, 0.25) is 0 Å². The Bertz CT molecular complexity index is 823. The van der Waals surface area contributed by atoms with Crippen molar-refractivity contribution >= 4 is 39.9 Å². The third-order valence-corrected chi connectivity index (χ3v) is 4.68. The molecule has 3 nitrogen and oxygen atoms in total. The van der Waals surface area contributed by atoms with Gasteiger partial charge in [0.1, 0.15) is 5.84 Å². The van der Waals surface area contributed by atoms with Crippen LogP contribution in [0.25, 0.3) is 21.3 Å². The fourth-order valence-electron chi connectivity index (χ4n) is 2.72. The lowest BCUT2D eigenvalue weighted by molar-refractivity contribution is 0.557.